The number of benzene rings is 3. The molecule has 1 fully saturated rings. The van der Waals surface area contributed by atoms with Crippen LogP contribution in [-0.2, 0) is 28.3 Å². The van der Waals surface area contributed by atoms with Crippen molar-refractivity contribution in [3.8, 4) is 0 Å². The first-order valence-electron chi connectivity index (χ1n) is 13.2. The number of hydrogen-bond donors (Lipinski definition) is 1. The largest absolute Gasteiger partial charge is 0.352 e. The summed E-state index contributed by atoms with van der Waals surface area (Å²) < 4.78 is 27.7. The zero-order valence-corrected chi connectivity index (χ0v) is 22.3. The predicted octanol–water partition coefficient (Wildman–Crippen LogP) is 6.29. The number of carbonyl (C=O) groups excluding carboxylic acids is 2. The molecule has 200 valence electrons. The van der Waals surface area contributed by atoms with Crippen molar-refractivity contribution in [3.05, 3.63) is 107 Å². The van der Waals surface area contributed by atoms with Gasteiger partial charge in [-0.3, -0.25) is 9.59 Å². The smallest absolute Gasteiger partial charge is 0.243 e. The van der Waals surface area contributed by atoms with Crippen LogP contribution in [0.25, 0.3) is 0 Å². The topological polar surface area (TPSA) is 49.4 Å². The van der Waals surface area contributed by atoms with E-state index in [2.05, 4.69) is 5.32 Å². The Morgan fingerprint density at radius 2 is 1.55 bits per heavy atom. The Kier molecular flexibility index (Phi) is 10.3. The average Bonchev–Trinajstić information content (AvgIpc) is 2.94. The summed E-state index contributed by atoms with van der Waals surface area (Å²) >= 11 is 1.32. The Bertz CT molecular complexity index is 1180. The monoisotopic (exact) mass is 536 g/mol. The Balaban J connectivity index is 1.56. The van der Waals surface area contributed by atoms with Crippen molar-refractivity contribution >= 4 is 23.6 Å². The molecule has 4 nitrogen and oxygen atoms in total. The van der Waals surface area contributed by atoms with Gasteiger partial charge in [0.1, 0.15) is 17.7 Å². The summed E-state index contributed by atoms with van der Waals surface area (Å²) in [6.07, 6.45) is 5.58. The summed E-state index contributed by atoms with van der Waals surface area (Å²) in [5.74, 6) is -0.601. The lowest BCUT2D eigenvalue weighted by Crippen LogP contribution is -2.53. The van der Waals surface area contributed by atoms with Crippen LogP contribution < -0.4 is 5.32 Å². The van der Waals surface area contributed by atoms with Crippen LogP contribution in [0.15, 0.2) is 78.9 Å². The van der Waals surface area contributed by atoms with E-state index in [4.69, 9.17) is 0 Å². The van der Waals surface area contributed by atoms with E-state index in [1.54, 1.807) is 35.2 Å². The van der Waals surface area contributed by atoms with Crippen LogP contribution in [0.2, 0.25) is 0 Å². The highest BCUT2D eigenvalue weighted by molar-refractivity contribution is 7.99. The number of rotatable bonds is 11. The first kappa shape index (κ1) is 27.8. The zero-order valence-electron chi connectivity index (χ0n) is 21.5. The van der Waals surface area contributed by atoms with Gasteiger partial charge in [0.25, 0.3) is 0 Å². The lowest BCUT2D eigenvalue weighted by atomic mass is 9.94. The highest BCUT2D eigenvalue weighted by Crippen LogP contribution is 2.22. The van der Waals surface area contributed by atoms with Gasteiger partial charge in [0.2, 0.25) is 11.8 Å². The molecular formula is C31H34F2N2O2S. The van der Waals surface area contributed by atoms with E-state index < -0.39 is 6.04 Å². The Morgan fingerprint density at radius 1 is 0.868 bits per heavy atom. The number of hydrogen-bond acceptors (Lipinski definition) is 3. The standard InChI is InChI=1S/C31H34F2N2O2S/c32-26-17-15-24(16-18-26)20-35(30(36)22-38-21-25-11-7-8-14-28(25)33)29(19-23-9-3-1-4-10-23)31(37)34-27-12-5-2-6-13-27/h1,3-4,7-11,14-18,27,29H,2,5-6,12-13,19-22H2,(H,34,37). The van der Waals surface area contributed by atoms with E-state index in [-0.39, 0.29) is 41.8 Å². The maximum absolute atomic E-state index is 14.1. The van der Waals surface area contributed by atoms with Crippen molar-refractivity contribution in [3.63, 3.8) is 0 Å². The van der Waals surface area contributed by atoms with Gasteiger partial charge in [-0.25, -0.2) is 8.78 Å². The second-order valence-electron chi connectivity index (χ2n) is 9.78. The van der Waals surface area contributed by atoms with Gasteiger partial charge in [-0.2, -0.15) is 0 Å². The third-order valence-corrected chi connectivity index (χ3v) is 7.90. The van der Waals surface area contributed by atoms with Crippen LogP contribution >= 0.6 is 11.8 Å². The molecule has 1 unspecified atom stereocenters. The van der Waals surface area contributed by atoms with Gasteiger partial charge < -0.3 is 10.2 Å². The van der Waals surface area contributed by atoms with Gasteiger partial charge in [0.05, 0.1) is 5.75 Å². The molecule has 0 saturated heterocycles. The summed E-state index contributed by atoms with van der Waals surface area (Å²) in [6, 6.07) is 21.6. The van der Waals surface area contributed by atoms with E-state index in [1.165, 1.54) is 36.4 Å². The molecule has 1 atom stereocenters. The molecule has 1 saturated carbocycles. The molecule has 7 heteroatoms. The molecule has 1 aliphatic rings. The van der Waals surface area contributed by atoms with Crippen molar-refractivity contribution in [2.75, 3.05) is 5.75 Å². The van der Waals surface area contributed by atoms with E-state index in [0.717, 1.165) is 36.8 Å². The molecule has 0 bridgehead atoms. The third kappa shape index (κ3) is 8.15. The van der Waals surface area contributed by atoms with E-state index in [0.29, 0.717) is 17.7 Å². The van der Waals surface area contributed by atoms with Crippen molar-refractivity contribution in [1.82, 2.24) is 10.2 Å². The molecule has 3 aromatic carbocycles. The first-order valence-corrected chi connectivity index (χ1v) is 14.3. The Hall–Kier alpha value is -3.19. The van der Waals surface area contributed by atoms with Crippen LogP contribution in [0.3, 0.4) is 0 Å². The minimum Gasteiger partial charge on any atom is -0.352 e. The number of carbonyl (C=O) groups is 2. The minimum absolute atomic E-state index is 0.0948. The average molecular weight is 537 g/mol. The van der Waals surface area contributed by atoms with Gasteiger partial charge in [-0.15, -0.1) is 11.8 Å². The van der Waals surface area contributed by atoms with E-state index >= 15 is 0 Å². The van der Waals surface area contributed by atoms with E-state index in [1.807, 2.05) is 30.3 Å². The molecule has 0 aliphatic heterocycles. The highest BCUT2D eigenvalue weighted by atomic mass is 32.2. The SMILES string of the molecule is O=C(NC1CCCCC1)C(Cc1ccccc1)N(Cc1ccc(F)cc1)C(=O)CSCc1ccccc1F. The molecule has 2 amide bonds. The Morgan fingerprint density at radius 3 is 2.26 bits per heavy atom. The lowest BCUT2D eigenvalue weighted by Gasteiger charge is -2.33. The molecule has 1 N–H and O–H groups in total. The van der Waals surface area contributed by atoms with Crippen molar-refractivity contribution in [2.24, 2.45) is 0 Å². The molecule has 38 heavy (non-hydrogen) atoms. The second kappa shape index (κ2) is 14.1. The summed E-state index contributed by atoms with van der Waals surface area (Å²) in [6.45, 7) is 0.176. The zero-order chi connectivity index (χ0) is 26.7. The first-order chi connectivity index (χ1) is 18.5. The summed E-state index contributed by atoms with van der Waals surface area (Å²) in [4.78, 5) is 29.0. The fourth-order valence-corrected chi connectivity index (χ4v) is 5.73. The van der Waals surface area contributed by atoms with Crippen molar-refractivity contribution < 1.29 is 18.4 Å². The summed E-state index contributed by atoms with van der Waals surface area (Å²) in [5, 5.41) is 3.21. The summed E-state index contributed by atoms with van der Waals surface area (Å²) in [5.41, 5.74) is 2.22. The molecule has 4 rings (SSSR count). The van der Waals surface area contributed by atoms with Crippen LogP contribution in [0, 0.1) is 11.6 Å². The highest BCUT2D eigenvalue weighted by Gasteiger charge is 2.31. The molecule has 0 aromatic heterocycles. The predicted molar refractivity (Wildman–Crippen MR) is 148 cm³/mol. The van der Waals surface area contributed by atoms with Gasteiger partial charge in [-0.05, 0) is 47.7 Å². The maximum Gasteiger partial charge on any atom is 0.243 e. The fourth-order valence-electron chi connectivity index (χ4n) is 4.83. The quantitative estimate of drug-likeness (QED) is 0.314. The maximum atomic E-state index is 14.1. The number of amides is 2. The van der Waals surface area contributed by atoms with Crippen LogP contribution in [-0.4, -0.2) is 34.6 Å². The number of nitrogens with one attached hydrogen (secondary N) is 1. The summed E-state index contributed by atoms with van der Waals surface area (Å²) in [7, 11) is 0. The third-order valence-electron chi connectivity index (χ3n) is 6.93. The Labute approximate surface area is 227 Å². The number of halogens is 2. The van der Waals surface area contributed by atoms with Gasteiger partial charge in [0.15, 0.2) is 0 Å². The number of thioether (sulfide) groups is 1. The van der Waals surface area contributed by atoms with Crippen molar-refractivity contribution in [2.45, 2.75) is 62.9 Å². The fraction of sp³-hybridized carbons (Fsp3) is 0.355. The van der Waals surface area contributed by atoms with Crippen LogP contribution in [0.1, 0.15) is 48.8 Å². The molecule has 0 heterocycles. The normalized spacial score (nSPS) is 14.6. The van der Waals surface area contributed by atoms with Crippen molar-refractivity contribution in [1.29, 1.82) is 0 Å². The van der Waals surface area contributed by atoms with E-state index in [9.17, 15) is 18.4 Å². The van der Waals surface area contributed by atoms with Crippen LogP contribution in [0.5, 0.6) is 0 Å². The molecule has 0 radical (unpaired) electrons. The van der Waals surface area contributed by atoms with Gasteiger partial charge in [0, 0.05) is 24.8 Å². The number of nitrogens with zero attached hydrogens (tertiary/aromatic N) is 1. The lowest BCUT2D eigenvalue weighted by molar-refractivity contribution is -0.139. The molecular weight excluding hydrogens is 502 g/mol. The molecule has 3 aromatic rings. The van der Waals surface area contributed by atoms with Gasteiger partial charge >= 0.3 is 0 Å². The minimum atomic E-state index is -0.731. The molecule has 1 aliphatic carbocycles. The second-order valence-corrected chi connectivity index (χ2v) is 10.8. The van der Waals surface area contributed by atoms with Gasteiger partial charge in [-0.1, -0.05) is 79.9 Å². The van der Waals surface area contributed by atoms with Crippen LogP contribution in [0.4, 0.5) is 8.78 Å². The molecule has 0 spiro atoms.